The van der Waals surface area contributed by atoms with Crippen LogP contribution in [-0.2, 0) is 0 Å². The van der Waals surface area contributed by atoms with Gasteiger partial charge in [-0.1, -0.05) is 20.8 Å². The van der Waals surface area contributed by atoms with Crippen LogP contribution >= 0.6 is 0 Å². The third kappa shape index (κ3) is 4.76. The van der Waals surface area contributed by atoms with Crippen molar-refractivity contribution in [1.29, 1.82) is 0 Å². The first-order chi connectivity index (χ1) is 4.98. The maximum Gasteiger partial charge on any atom is 0.0991 e. The molecular weight excluding hydrogens is 143 g/mol. The van der Waals surface area contributed by atoms with Crippen LogP contribution in [0.25, 0.3) is 0 Å². The van der Waals surface area contributed by atoms with Crippen LogP contribution in [0, 0.1) is 5.41 Å². The van der Waals surface area contributed by atoms with Gasteiger partial charge in [0.15, 0.2) is 0 Å². The van der Waals surface area contributed by atoms with E-state index in [-0.39, 0.29) is 12.1 Å². The fourth-order valence-corrected chi connectivity index (χ4v) is 0.496. The number of aliphatic imine (C=N–C) groups is 1. The summed E-state index contributed by atoms with van der Waals surface area (Å²) in [6.45, 7) is 6.14. The van der Waals surface area contributed by atoms with E-state index in [4.69, 9.17) is 5.73 Å². The van der Waals surface area contributed by atoms with E-state index in [2.05, 4.69) is 4.99 Å². The van der Waals surface area contributed by atoms with Crippen LogP contribution in [0.5, 0.6) is 0 Å². The topological polar surface area (TPSA) is 38.4 Å². The van der Waals surface area contributed by atoms with Gasteiger partial charge in [0.05, 0.1) is 12.5 Å². The van der Waals surface area contributed by atoms with E-state index in [0.29, 0.717) is 18.8 Å². The summed E-state index contributed by atoms with van der Waals surface area (Å²) < 4.78 is 11.6. The molecule has 0 fully saturated rings. The standard InChI is InChI=1S/C8H17FN2/c1-8(2,3)7(10)11-6-4-5-9/h4-6H2,1-3H3,(H2,10,11). The minimum atomic E-state index is -0.319. The summed E-state index contributed by atoms with van der Waals surface area (Å²) in [6, 6.07) is 0. The first kappa shape index (κ1) is 10.4. The summed E-state index contributed by atoms with van der Waals surface area (Å²) in [6.07, 6.45) is 0.469. The summed E-state index contributed by atoms with van der Waals surface area (Å²) in [5, 5.41) is 0. The number of hydrogen-bond donors (Lipinski definition) is 1. The van der Waals surface area contributed by atoms with Crippen LogP contribution in [0.4, 0.5) is 4.39 Å². The molecule has 0 spiro atoms. The Morgan fingerprint density at radius 3 is 2.36 bits per heavy atom. The number of alkyl halides is 1. The first-order valence-corrected chi connectivity index (χ1v) is 3.85. The molecule has 2 nitrogen and oxygen atoms in total. The van der Waals surface area contributed by atoms with Gasteiger partial charge in [-0.3, -0.25) is 9.38 Å². The summed E-state index contributed by atoms with van der Waals surface area (Å²) in [5.41, 5.74) is 5.53. The molecule has 0 unspecified atom stereocenters. The minimum absolute atomic E-state index is 0.0870. The first-order valence-electron chi connectivity index (χ1n) is 3.85. The number of nitrogens with zero attached hydrogens (tertiary/aromatic N) is 1. The molecule has 0 bridgehead atoms. The summed E-state index contributed by atoms with van der Waals surface area (Å²) >= 11 is 0. The zero-order valence-electron chi connectivity index (χ0n) is 7.52. The SMILES string of the molecule is CC(C)(C)C(N)=NCCCF. The Bertz CT molecular complexity index is 136. The molecule has 0 aromatic carbocycles. The van der Waals surface area contributed by atoms with Gasteiger partial charge in [0.25, 0.3) is 0 Å². The molecule has 11 heavy (non-hydrogen) atoms. The highest BCUT2D eigenvalue weighted by molar-refractivity contribution is 5.85. The van der Waals surface area contributed by atoms with Crippen molar-refractivity contribution in [3.8, 4) is 0 Å². The molecule has 0 aromatic rings. The second-order valence-corrected chi connectivity index (χ2v) is 3.56. The van der Waals surface area contributed by atoms with E-state index in [1.54, 1.807) is 0 Å². The van der Waals surface area contributed by atoms with Crippen LogP contribution in [0.1, 0.15) is 27.2 Å². The van der Waals surface area contributed by atoms with Crippen molar-refractivity contribution in [3.05, 3.63) is 0 Å². The maximum atomic E-state index is 11.6. The molecule has 0 aliphatic heterocycles. The van der Waals surface area contributed by atoms with E-state index in [0.717, 1.165) is 0 Å². The Hall–Kier alpha value is -0.600. The normalized spacial score (nSPS) is 13.6. The number of halogens is 1. The van der Waals surface area contributed by atoms with Gasteiger partial charge >= 0.3 is 0 Å². The van der Waals surface area contributed by atoms with Crippen molar-refractivity contribution < 1.29 is 4.39 Å². The molecule has 0 heterocycles. The van der Waals surface area contributed by atoms with Crippen LogP contribution < -0.4 is 5.73 Å². The highest BCUT2D eigenvalue weighted by Crippen LogP contribution is 2.12. The smallest absolute Gasteiger partial charge is 0.0991 e. The van der Waals surface area contributed by atoms with Gasteiger partial charge in [-0.15, -0.1) is 0 Å². The number of hydrogen-bond acceptors (Lipinski definition) is 1. The Kier molecular flexibility index (Phi) is 4.08. The Balaban J connectivity index is 3.81. The Labute approximate surface area is 67.7 Å². The molecule has 2 N–H and O–H groups in total. The Morgan fingerprint density at radius 2 is 2.00 bits per heavy atom. The fraction of sp³-hybridized carbons (Fsp3) is 0.875. The third-order valence-corrected chi connectivity index (χ3v) is 1.34. The molecule has 0 rings (SSSR count). The number of nitrogens with two attached hydrogens (primary N) is 1. The molecule has 0 radical (unpaired) electrons. The zero-order valence-corrected chi connectivity index (χ0v) is 7.52. The van der Waals surface area contributed by atoms with Gasteiger partial charge in [-0.2, -0.15) is 0 Å². The average molecular weight is 160 g/mol. The number of amidine groups is 1. The molecular formula is C8H17FN2. The highest BCUT2D eigenvalue weighted by Gasteiger charge is 2.14. The van der Waals surface area contributed by atoms with Crippen molar-refractivity contribution in [2.75, 3.05) is 13.2 Å². The lowest BCUT2D eigenvalue weighted by Gasteiger charge is -2.16. The molecule has 0 aliphatic rings. The van der Waals surface area contributed by atoms with Crippen molar-refractivity contribution in [1.82, 2.24) is 0 Å². The second kappa shape index (κ2) is 4.31. The quantitative estimate of drug-likeness (QED) is 0.381. The van der Waals surface area contributed by atoms with E-state index >= 15 is 0 Å². The van der Waals surface area contributed by atoms with Gasteiger partial charge < -0.3 is 5.73 Å². The van der Waals surface area contributed by atoms with Crippen LogP contribution in [0.2, 0.25) is 0 Å². The van der Waals surface area contributed by atoms with Gasteiger partial charge in [-0.25, -0.2) is 0 Å². The van der Waals surface area contributed by atoms with Crippen LogP contribution in [0.3, 0.4) is 0 Å². The molecule has 3 heteroatoms. The van der Waals surface area contributed by atoms with Gasteiger partial charge in [0, 0.05) is 12.0 Å². The minimum Gasteiger partial charge on any atom is -0.387 e. The predicted octanol–water partition coefficient (Wildman–Crippen LogP) is 1.75. The van der Waals surface area contributed by atoms with Crippen LogP contribution in [0.15, 0.2) is 4.99 Å². The molecule has 66 valence electrons. The second-order valence-electron chi connectivity index (χ2n) is 3.56. The monoisotopic (exact) mass is 160 g/mol. The van der Waals surface area contributed by atoms with Crippen molar-refractivity contribution in [2.45, 2.75) is 27.2 Å². The lowest BCUT2D eigenvalue weighted by Crippen LogP contribution is -2.29. The zero-order chi connectivity index (χ0) is 8.91. The number of rotatable bonds is 3. The summed E-state index contributed by atoms with van der Waals surface area (Å²) in [7, 11) is 0. The molecule has 0 aliphatic carbocycles. The van der Waals surface area contributed by atoms with Crippen LogP contribution in [-0.4, -0.2) is 19.1 Å². The average Bonchev–Trinajstić information content (AvgIpc) is 1.86. The highest BCUT2D eigenvalue weighted by atomic mass is 19.1. The predicted molar refractivity (Wildman–Crippen MR) is 46.5 cm³/mol. The van der Waals surface area contributed by atoms with E-state index in [9.17, 15) is 4.39 Å². The van der Waals surface area contributed by atoms with E-state index in [1.165, 1.54) is 0 Å². The maximum absolute atomic E-state index is 11.6. The van der Waals surface area contributed by atoms with Gasteiger partial charge in [-0.05, 0) is 6.42 Å². The van der Waals surface area contributed by atoms with Gasteiger partial charge in [0.2, 0.25) is 0 Å². The lowest BCUT2D eigenvalue weighted by atomic mass is 9.95. The fourth-order valence-electron chi connectivity index (χ4n) is 0.496. The molecule has 0 saturated carbocycles. The van der Waals surface area contributed by atoms with E-state index < -0.39 is 0 Å². The molecule has 0 amide bonds. The molecule has 0 aromatic heterocycles. The van der Waals surface area contributed by atoms with Crippen molar-refractivity contribution in [2.24, 2.45) is 16.1 Å². The lowest BCUT2D eigenvalue weighted by molar-refractivity contribution is 0.476. The third-order valence-electron chi connectivity index (χ3n) is 1.34. The molecule has 0 saturated heterocycles. The van der Waals surface area contributed by atoms with Crippen molar-refractivity contribution >= 4 is 5.84 Å². The van der Waals surface area contributed by atoms with Crippen molar-refractivity contribution in [3.63, 3.8) is 0 Å². The van der Waals surface area contributed by atoms with E-state index in [1.807, 2.05) is 20.8 Å². The Morgan fingerprint density at radius 1 is 1.45 bits per heavy atom. The van der Waals surface area contributed by atoms with Gasteiger partial charge in [0.1, 0.15) is 0 Å². The summed E-state index contributed by atoms with van der Waals surface area (Å²) in [4.78, 5) is 4.04. The molecule has 0 atom stereocenters. The summed E-state index contributed by atoms with van der Waals surface area (Å²) in [5.74, 6) is 0.603. The largest absolute Gasteiger partial charge is 0.387 e.